The molecule has 100 valence electrons. The Kier molecular flexibility index (Phi) is 4.59. The second-order valence-electron chi connectivity index (χ2n) is 6.83. The smallest absolute Gasteiger partial charge is 0.223 e. The zero-order chi connectivity index (χ0) is 13.1. The Balaban J connectivity index is 2.52. The SMILES string of the molecule is CC(C)(CO)CNC(=O)C1CCCCC1(C)C. The minimum Gasteiger partial charge on any atom is -0.396 e. The van der Waals surface area contributed by atoms with Crippen LogP contribution in [0.2, 0.25) is 0 Å². The highest BCUT2D eigenvalue weighted by molar-refractivity contribution is 5.79. The second kappa shape index (κ2) is 5.38. The summed E-state index contributed by atoms with van der Waals surface area (Å²) in [6.45, 7) is 8.94. The molecule has 1 saturated carbocycles. The summed E-state index contributed by atoms with van der Waals surface area (Å²) >= 11 is 0. The van der Waals surface area contributed by atoms with Crippen molar-refractivity contribution in [2.24, 2.45) is 16.7 Å². The van der Waals surface area contributed by atoms with Crippen LogP contribution in [0.25, 0.3) is 0 Å². The Morgan fingerprint density at radius 3 is 2.59 bits per heavy atom. The van der Waals surface area contributed by atoms with Crippen LogP contribution in [0.4, 0.5) is 0 Å². The molecule has 3 heteroatoms. The van der Waals surface area contributed by atoms with Crippen LogP contribution in [0.5, 0.6) is 0 Å². The van der Waals surface area contributed by atoms with Gasteiger partial charge in [0.1, 0.15) is 0 Å². The number of hydrogen-bond donors (Lipinski definition) is 2. The van der Waals surface area contributed by atoms with Crippen molar-refractivity contribution in [3.63, 3.8) is 0 Å². The Morgan fingerprint density at radius 1 is 1.41 bits per heavy atom. The predicted octanol–water partition coefficient (Wildman–Crippen LogP) is 2.34. The molecule has 0 spiro atoms. The first-order valence-corrected chi connectivity index (χ1v) is 6.67. The third-order valence-corrected chi connectivity index (χ3v) is 3.99. The zero-order valence-corrected chi connectivity index (χ0v) is 11.7. The summed E-state index contributed by atoms with van der Waals surface area (Å²) in [5.74, 6) is 0.293. The van der Waals surface area contributed by atoms with E-state index < -0.39 is 0 Å². The quantitative estimate of drug-likeness (QED) is 0.793. The van der Waals surface area contributed by atoms with E-state index in [0.717, 1.165) is 19.3 Å². The summed E-state index contributed by atoms with van der Waals surface area (Å²) in [4.78, 5) is 12.2. The van der Waals surface area contributed by atoms with Gasteiger partial charge in [0.05, 0.1) is 0 Å². The van der Waals surface area contributed by atoms with Gasteiger partial charge in [0.25, 0.3) is 0 Å². The first-order valence-electron chi connectivity index (χ1n) is 6.67. The fraction of sp³-hybridized carbons (Fsp3) is 0.929. The van der Waals surface area contributed by atoms with Crippen LogP contribution in [0.1, 0.15) is 53.4 Å². The Bertz CT molecular complexity index is 271. The third-order valence-electron chi connectivity index (χ3n) is 3.99. The lowest BCUT2D eigenvalue weighted by atomic mass is 9.68. The standard InChI is InChI=1S/C14H27NO2/c1-13(2,10-16)9-15-12(17)11-7-5-6-8-14(11,3)4/h11,16H,5-10H2,1-4H3,(H,15,17). The van der Waals surface area contributed by atoms with Gasteiger partial charge in [-0.05, 0) is 18.3 Å². The lowest BCUT2D eigenvalue weighted by molar-refractivity contribution is -0.130. The monoisotopic (exact) mass is 241 g/mol. The van der Waals surface area contributed by atoms with Gasteiger partial charge in [0.15, 0.2) is 0 Å². The van der Waals surface area contributed by atoms with Crippen molar-refractivity contribution < 1.29 is 9.90 Å². The first-order chi connectivity index (χ1) is 7.78. The van der Waals surface area contributed by atoms with E-state index in [0.29, 0.717) is 6.54 Å². The number of carbonyl (C=O) groups is 1. The van der Waals surface area contributed by atoms with Gasteiger partial charge in [-0.25, -0.2) is 0 Å². The maximum atomic E-state index is 12.2. The van der Waals surface area contributed by atoms with E-state index in [1.165, 1.54) is 6.42 Å². The van der Waals surface area contributed by atoms with Crippen molar-refractivity contribution in [2.75, 3.05) is 13.2 Å². The zero-order valence-electron chi connectivity index (χ0n) is 11.7. The van der Waals surface area contributed by atoms with Crippen LogP contribution in [-0.2, 0) is 4.79 Å². The lowest BCUT2D eigenvalue weighted by Gasteiger charge is -2.38. The van der Waals surface area contributed by atoms with E-state index in [1.807, 2.05) is 13.8 Å². The van der Waals surface area contributed by atoms with Crippen LogP contribution >= 0.6 is 0 Å². The van der Waals surface area contributed by atoms with Crippen molar-refractivity contribution >= 4 is 5.91 Å². The van der Waals surface area contributed by atoms with Gasteiger partial charge in [-0.2, -0.15) is 0 Å². The van der Waals surface area contributed by atoms with Crippen LogP contribution < -0.4 is 5.32 Å². The van der Waals surface area contributed by atoms with Crippen LogP contribution in [0.3, 0.4) is 0 Å². The lowest BCUT2D eigenvalue weighted by Crippen LogP contribution is -2.44. The molecule has 1 amide bonds. The van der Waals surface area contributed by atoms with Crippen LogP contribution in [0, 0.1) is 16.7 Å². The van der Waals surface area contributed by atoms with Crippen molar-refractivity contribution in [3.8, 4) is 0 Å². The fourth-order valence-corrected chi connectivity index (χ4v) is 2.49. The molecule has 1 rings (SSSR count). The van der Waals surface area contributed by atoms with Crippen molar-refractivity contribution in [1.82, 2.24) is 5.32 Å². The molecule has 1 aliphatic carbocycles. The number of carbonyl (C=O) groups excluding carboxylic acids is 1. The molecule has 0 bridgehead atoms. The number of hydrogen-bond acceptors (Lipinski definition) is 2. The molecule has 0 aromatic heterocycles. The number of aliphatic hydroxyl groups excluding tert-OH is 1. The van der Waals surface area contributed by atoms with E-state index in [-0.39, 0.29) is 29.3 Å². The molecule has 0 heterocycles. The maximum absolute atomic E-state index is 12.2. The van der Waals surface area contributed by atoms with Crippen molar-refractivity contribution in [2.45, 2.75) is 53.4 Å². The summed E-state index contributed by atoms with van der Waals surface area (Å²) in [6, 6.07) is 0. The molecule has 0 saturated heterocycles. The molecule has 1 aliphatic rings. The van der Waals surface area contributed by atoms with Gasteiger partial charge >= 0.3 is 0 Å². The molecule has 3 nitrogen and oxygen atoms in total. The molecular weight excluding hydrogens is 214 g/mol. The minimum atomic E-state index is -0.228. The number of aliphatic hydroxyl groups is 1. The second-order valence-corrected chi connectivity index (χ2v) is 6.83. The topological polar surface area (TPSA) is 49.3 Å². The van der Waals surface area contributed by atoms with Gasteiger partial charge in [-0.1, -0.05) is 40.5 Å². The van der Waals surface area contributed by atoms with Gasteiger partial charge in [-0.15, -0.1) is 0 Å². The summed E-state index contributed by atoms with van der Waals surface area (Å²) in [7, 11) is 0. The van der Waals surface area contributed by atoms with Gasteiger partial charge < -0.3 is 10.4 Å². The molecule has 17 heavy (non-hydrogen) atoms. The Hall–Kier alpha value is -0.570. The molecule has 2 N–H and O–H groups in total. The molecule has 1 unspecified atom stereocenters. The average molecular weight is 241 g/mol. The molecule has 0 radical (unpaired) electrons. The number of amides is 1. The maximum Gasteiger partial charge on any atom is 0.223 e. The number of nitrogens with one attached hydrogen (secondary N) is 1. The molecular formula is C14H27NO2. The molecule has 0 aromatic rings. The van der Waals surface area contributed by atoms with Gasteiger partial charge in [-0.3, -0.25) is 4.79 Å². The minimum absolute atomic E-state index is 0.0986. The fourth-order valence-electron chi connectivity index (χ4n) is 2.49. The summed E-state index contributed by atoms with van der Waals surface area (Å²) in [6.07, 6.45) is 4.52. The van der Waals surface area contributed by atoms with Crippen molar-refractivity contribution in [3.05, 3.63) is 0 Å². The molecule has 1 fully saturated rings. The van der Waals surface area contributed by atoms with E-state index in [9.17, 15) is 4.79 Å². The average Bonchev–Trinajstić information content (AvgIpc) is 2.25. The van der Waals surface area contributed by atoms with E-state index >= 15 is 0 Å². The molecule has 1 atom stereocenters. The van der Waals surface area contributed by atoms with E-state index in [2.05, 4.69) is 19.2 Å². The number of rotatable bonds is 4. The van der Waals surface area contributed by atoms with Crippen LogP contribution in [0.15, 0.2) is 0 Å². The van der Waals surface area contributed by atoms with E-state index in [4.69, 9.17) is 5.11 Å². The molecule has 0 aliphatic heterocycles. The Labute approximate surface area is 105 Å². The Morgan fingerprint density at radius 2 is 2.06 bits per heavy atom. The first kappa shape index (κ1) is 14.5. The highest BCUT2D eigenvalue weighted by Gasteiger charge is 2.37. The largest absolute Gasteiger partial charge is 0.396 e. The van der Waals surface area contributed by atoms with Crippen molar-refractivity contribution in [1.29, 1.82) is 0 Å². The predicted molar refractivity (Wildman–Crippen MR) is 69.6 cm³/mol. The highest BCUT2D eigenvalue weighted by atomic mass is 16.3. The highest BCUT2D eigenvalue weighted by Crippen LogP contribution is 2.40. The summed E-state index contributed by atoms with van der Waals surface area (Å²) in [5, 5.41) is 12.2. The summed E-state index contributed by atoms with van der Waals surface area (Å²) < 4.78 is 0. The van der Waals surface area contributed by atoms with Gasteiger partial charge in [0, 0.05) is 24.5 Å². The normalized spacial score (nSPS) is 24.4. The third kappa shape index (κ3) is 3.98. The summed E-state index contributed by atoms with van der Waals surface area (Å²) in [5.41, 5.74) is -0.111. The molecule has 0 aromatic carbocycles. The van der Waals surface area contributed by atoms with Crippen LogP contribution in [-0.4, -0.2) is 24.2 Å². The van der Waals surface area contributed by atoms with Gasteiger partial charge in [0.2, 0.25) is 5.91 Å². The van der Waals surface area contributed by atoms with E-state index in [1.54, 1.807) is 0 Å².